The highest BCUT2D eigenvalue weighted by molar-refractivity contribution is 7.90. The molecule has 1 aliphatic rings. The van der Waals surface area contributed by atoms with Crippen molar-refractivity contribution in [2.24, 2.45) is 16.7 Å². The van der Waals surface area contributed by atoms with Crippen LogP contribution in [0.3, 0.4) is 0 Å². The molecule has 0 aliphatic heterocycles. The summed E-state index contributed by atoms with van der Waals surface area (Å²) in [4.78, 5) is 32.5. The first-order valence-corrected chi connectivity index (χ1v) is 18.6. The third-order valence-corrected chi connectivity index (χ3v) is 11.2. The molecule has 0 atom stereocenters. The number of carbonyl (C=O) groups excluding carboxylic acids is 2. The molecule has 1 amide bonds. The number of hydrogen-bond acceptors (Lipinski definition) is 7. The zero-order valence-corrected chi connectivity index (χ0v) is 31.3. The summed E-state index contributed by atoms with van der Waals surface area (Å²) < 4.78 is 36.3. The Morgan fingerprint density at radius 2 is 1.51 bits per heavy atom. The van der Waals surface area contributed by atoms with Gasteiger partial charge in [-0.25, -0.2) is 22.9 Å². The van der Waals surface area contributed by atoms with Crippen LogP contribution < -0.4 is 10.5 Å². The summed E-state index contributed by atoms with van der Waals surface area (Å²) in [7, 11) is -4.24. The van der Waals surface area contributed by atoms with E-state index >= 15 is 0 Å². The first-order chi connectivity index (χ1) is 22.7. The maximum Gasteiger partial charge on any atom is 0.343 e. The summed E-state index contributed by atoms with van der Waals surface area (Å²) in [6.07, 6.45) is 5.62. The first-order valence-electron chi connectivity index (χ1n) is 16.4. The van der Waals surface area contributed by atoms with Gasteiger partial charge in [-0.1, -0.05) is 101 Å². The van der Waals surface area contributed by atoms with Gasteiger partial charge < -0.3 is 10.5 Å². The summed E-state index contributed by atoms with van der Waals surface area (Å²) in [5.41, 5.74) is 6.85. The Balaban J connectivity index is 1.66. The van der Waals surface area contributed by atoms with Gasteiger partial charge in [0.2, 0.25) is 0 Å². The number of fused-ring (bicyclic) bond motifs is 1. The number of halogens is 2. The standard InChI is InChI=1S/C37H44Cl2N4O5S/c1-22-11-17-25(18-12-22)49(46,47)42-32(44)26-21-43-29(39)27(23-13-15-24(38)16-14-23)28(31(43)41-30(26)40)33(45)48-37(19-9-8-10-20-37)34(35(2,3)4)36(5,6)7/h11-18,21,34H,8-10,19-20H2,1-7H3,(H2,40,41)(H,42,44). The summed E-state index contributed by atoms with van der Waals surface area (Å²) in [5.74, 6) is -1.90. The number of amides is 1. The Bertz CT molecular complexity index is 1990. The van der Waals surface area contributed by atoms with Gasteiger partial charge in [-0.15, -0.1) is 0 Å². The van der Waals surface area contributed by atoms with Crippen LogP contribution in [0.25, 0.3) is 16.8 Å². The highest BCUT2D eigenvalue weighted by atomic mass is 35.5. The lowest BCUT2D eigenvalue weighted by Gasteiger charge is -2.54. The smallest absolute Gasteiger partial charge is 0.343 e. The van der Waals surface area contributed by atoms with Gasteiger partial charge in [0.15, 0.2) is 5.65 Å². The number of nitrogen functional groups attached to an aromatic ring is 1. The van der Waals surface area contributed by atoms with Crippen LogP contribution in [0.1, 0.15) is 99.9 Å². The van der Waals surface area contributed by atoms with Crippen LogP contribution in [-0.4, -0.2) is 35.3 Å². The number of carbonyl (C=O) groups is 2. The molecule has 12 heteroatoms. The molecule has 0 spiro atoms. The van der Waals surface area contributed by atoms with E-state index in [0.29, 0.717) is 29.0 Å². The average molecular weight is 728 g/mol. The number of nitrogens with one attached hydrogen (secondary N) is 1. The van der Waals surface area contributed by atoms with E-state index in [-0.39, 0.29) is 49.4 Å². The number of rotatable bonds is 7. The monoisotopic (exact) mass is 726 g/mol. The van der Waals surface area contributed by atoms with Gasteiger partial charge in [0, 0.05) is 22.7 Å². The summed E-state index contributed by atoms with van der Waals surface area (Å²) in [6, 6.07) is 12.9. The largest absolute Gasteiger partial charge is 0.455 e. The van der Waals surface area contributed by atoms with E-state index in [4.69, 9.17) is 33.7 Å². The number of ether oxygens (including phenoxy) is 1. The zero-order valence-electron chi connectivity index (χ0n) is 29.0. The fourth-order valence-electron chi connectivity index (χ4n) is 8.06. The Labute approximate surface area is 298 Å². The van der Waals surface area contributed by atoms with E-state index in [0.717, 1.165) is 24.8 Å². The number of sulfonamides is 1. The quantitative estimate of drug-likeness (QED) is 0.182. The average Bonchev–Trinajstić information content (AvgIpc) is 3.26. The minimum Gasteiger partial charge on any atom is -0.455 e. The molecule has 3 N–H and O–H groups in total. The maximum absolute atomic E-state index is 14.7. The first kappa shape index (κ1) is 36.7. The number of aromatic nitrogens is 2. The van der Waals surface area contributed by atoms with Crippen molar-refractivity contribution < 1.29 is 22.7 Å². The van der Waals surface area contributed by atoms with Crippen molar-refractivity contribution in [2.75, 3.05) is 5.73 Å². The zero-order chi connectivity index (χ0) is 36.1. The van der Waals surface area contributed by atoms with Gasteiger partial charge in [0.05, 0.1) is 10.5 Å². The highest BCUT2D eigenvalue weighted by Crippen LogP contribution is 2.54. The molecule has 0 bridgehead atoms. The van der Waals surface area contributed by atoms with Gasteiger partial charge in [-0.05, 0) is 73.3 Å². The molecular formula is C37H44Cl2N4O5S. The van der Waals surface area contributed by atoms with Gasteiger partial charge in [0.1, 0.15) is 22.1 Å². The minimum atomic E-state index is -4.24. The number of benzene rings is 2. The molecule has 1 fully saturated rings. The third-order valence-electron chi connectivity index (χ3n) is 9.27. The van der Waals surface area contributed by atoms with Crippen molar-refractivity contribution in [2.45, 2.75) is 91.1 Å². The molecule has 1 aliphatic carbocycles. The predicted molar refractivity (Wildman–Crippen MR) is 195 cm³/mol. The Hall–Kier alpha value is -3.60. The molecule has 5 rings (SSSR count). The minimum absolute atomic E-state index is 0.00360. The number of nitrogens with two attached hydrogens (primary N) is 1. The molecule has 2 heterocycles. The van der Waals surface area contributed by atoms with Crippen LogP contribution in [0.15, 0.2) is 59.6 Å². The van der Waals surface area contributed by atoms with E-state index in [1.54, 1.807) is 36.4 Å². The summed E-state index contributed by atoms with van der Waals surface area (Å²) in [6.45, 7) is 14.9. The number of anilines is 1. The second kappa shape index (κ2) is 13.3. The third kappa shape index (κ3) is 7.32. The van der Waals surface area contributed by atoms with Crippen LogP contribution in [-0.2, 0) is 14.8 Å². The molecular weight excluding hydrogens is 683 g/mol. The topological polar surface area (TPSA) is 133 Å². The van der Waals surface area contributed by atoms with Crippen molar-refractivity contribution in [1.82, 2.24) is 14.1 Å². The molecule has 0 radical (unpaired) electrons. The summed E-state index contributed by atoms with van der Waals surface area (Å²) >= 11 is 13.2. The predicted octanol–water partition coefficient (Wildman–Crippen LogP) is 8.89. The van der Waals surface area contributed by atoms with Crippen LogP contribution in [0.4, 0.5) is 5.82 Å². The molecule has 0 unspecified atom stereocenters. The molecule has 2 aromatic carbocycles. The SMILES string of the molecule is Cc1ccc(S(=O)(=O)NC(=O)c2cn3c(Cl)c(-c4ccc(Cl)cc4)c(C(=O)OC4(C(C(C)(C)C)C(C)(C)C)CCCCC4)c3nc2N)cc1. The van der Waals surface area contributed by atoms with E-state index in [2.05, 4.69) is 51.2 Å². The van der Waals surface area contributed by atoms with Gasteiger partial charge >= 0.3 is 5.97 Å². The lowest BCUT2D eigenvalue weighted by atomic mass is 9.56. The van der Waals surface area contributed by atoms with E-state index in [9.17, 15) is 18.0 Å². The Morgan fingerprint density at radius 1 is 0.939 bits per heavy atom. The molecule has 49 heavy (non-hydrogen) atoms. The van der Waals surface area contributed by atoms with Crippen molar-refractivity contribution in [3.63, 3.8) is 0 Å². The molecule has 262 valence electrons. The molecule has 4 aromatic rings. The number of hydrogen-bond donors (Lipinski definition) is 2. The fourth-order valence-corrected chi connectivity index (χ4v) is 9.49. The molecule has 1 saturated carbocycles. The second-order valence-corrected chi connectivity index (χ2v) is 17.7. The number of aryl methyl sites for hydroxylation is 1. The Morgan fingerprint density at radius 3 is 2.06 bits per heavy atom. The van der Waals surface area contributed by atoms with Gasteiger partial charge in [-0.2, -0.15) is 0 Å². The lowest BCUT2D eigenvalue weighted by Crippen LogP contribution is -2.54. The van der Waals surface area contributed by atoms with E-state index < -0.39 is 27.5 Å². The maximum atomic E-state index is 14.7. The van der Waals surface area contributed by atoms with Crippen molar-refractivity contribution >= 4 is 56.6 Å². The molecule has 2 aromatic heterocycles. The molecule has 0 saturated heterocycles. The summed E-state index contributed by atoms with van der Waals surface area (Å²) in [5, 5.41) is 0.552. The lowest BCUT2D eigenvalue weighted by molar-refractivity contribution is -0.136. The highest BCUT2D eigenvalue weighted by Gasteiger charge is 2.53. The van der Waals surface area contributed by atoms with Gasteiger partial charge in [-0.3, -0.25) is 9.20 Å². The van der Waals surface area contributed by atoms with Crippen LogP contribution >= 0.6 is 23.2 Å². The number of esters is 1. The van der Waals surface area contributed by atoms with E-state index in [1.165, 1.54) is 22.7 Å². The number of nitrogens with zero attached hydrogens (tertiary/aromatic N) is 2. The van der Waals surface area contributed by atoms with E-state index in [1.807, 2.05) is 6.92 Å². The van der Waals surface area contributed by atoms with Crippen LogP contribution in [0.2, 0.25) is 10.2 Å². The van der Waals surface area contributed by atoms with Crippen molar-refractivity contribution in [3.8, 4) is 11.1 Å². The Kier molecular flexibility index (Phi) is 9.93. The fraction of sp³-hybridized carbons (Fsp3) is 0.432. The molecule has 9 nitrogen and oxygen atoms in total. The second-order valence-electron chi connectivity index (χ2n) is 15.2. The van der Waals surface area contributed by atoms with Gasteiger partial charge in [0.25, 0.3) is 15.9 Å². The van der Waals surface area contributed by atoms with Crippen LogP contribution in [0.5, 0.6) is 0 Å². The van der Waals surface area contributed by atoms with Crippen molar-refractivity contribution in [3.05, 3.63) is 81.6 Å². The normalized spacial score (nSPS) is 15.4. The van der Waals surface area contributed by atoms with Crippen LogP contribution in [0, 0.1) is 23.7 Å². The van der Waals surface area contributed by atoms with Crippen molar-refractivity contribution in [1.29, 1.82) is 0 Å².